The first-order valence-corrected chi connectivity index (χ1v) is 10.4. The maximum absolute atomic E-state index is 13.0. The second kappa shape index (κ2) is 7.70. The van der Waals surface area contributed by atoms with E-state index in [0.29, 0.717) is 18.7 Å². The number of phenols is 1. The van der Waals surface area contributed by atoms with Crippen LogP contribution in [0.25, 0.3) is 0 Å². The van der Waals surface area contributed by atoms with Crippen LogP contribution in [0, 0.1) is 13.8 Å². The Morgan fingerprint density at radius 1 is 1.04 bits per heavy atom. The molecule has 0 atom stereocenters. The molecule has 0 spiro atoms. The van der Waals surface area contributed by atoms with Crippen molar-refractivity contribution >= 4 is 21.6 Å². The maximum atomic E-state index is 13.0. The van der Waals surface area contributed by atoms with Gasteiger partial charge in [0.1, 0.15) is 5.75 Å². The standard InChI is InChI=1S/C20H24N2O4S/c1-14-6-9-17(18(23)12-14)21-20(24)16-8-7-15(2)19(13-16)27(25,26)22-10-4-3-5-11-22/h6-9,12-13,23H,3-5,10-11H2,1-2H3,(H,21,24). The molecule has 0 bridgehead atoms. The molecule has 2 aromatic rings. The summed E-state index contributed by atoms with van der Waals surface area (Å²) >= 11 is 0. The number of carbonyl (C=O) groups excluding carboxylic acids is 1. The first kappa shape index (κ1) is 19.4. The fourth-order valence-corrected chi connectivity index (χ4v) is 4.97. The van der Waals surface area contributed by atoms with Gasteiger partial charge in [0.05, 0.1) is 10.6 Å². The maximum Gasteiger partial charge on any atom is 0.255 e. The van der Waals surface area contributed by atoms with Gasteiger partial charge in [-0.05, 0) is 62.1 Å². The molecule has 2 aromatic carbocycles. The number of amides is 1. The van der Waals surface area contributed by atoms with Gasteiger partial charge in [-0.1, -0.05) is 18.6 Å². The van der Waals surface area contributed by atoms with Gasteiger partial charge in [-0.15, -0.1) is 0 Å². The Kier molecular flexibility index (Phi) is 5.53. The normalized spacial score (nSPS) is 15.5. The second-order valence-electron chi connectivity index (χ2n) is 6.92. The Bertz CT molecular complexity index is 964. The summed E-state index contributed by atoms with van der Waals surface area (Å²) in [5.74, 6) is -0.499. The van der Waals surface area contributed by atoms with Crippen LogP contribution in [0.1, 0.15) is 40.7 Å². The quantitative estimate of drug-likeness (QED) is 0.786. The number of piperidine rings is 1. The molecule has 1 heterocycles. The SMILES string of the molecule is Cc1ccc(NC(=O)c2ccc(C)c(S(=O)(=O)N3CCCCC3)c2)c(O)c1. The van der Waals surface area contributed by atoms with Crippen LogP contribution in [0.15, 0.2) is 41.3 Å². The summed E-state index contributed by atoms with van der Waals surface area (Å²) in [4.78, 5) is 12.7. The first-order chi connectivity index (χ1) is 12.8. The number of nitrogens with zero attached hydrogens (tertiary/aromatic N) is 1. The van der Waals surface area contributed by atoms with E-state index in [1.807, 2.05) is 6.92 Å². The number of phenolic OH excluding ortho intramolecular Hbond substituents is 1. The van der Waals surface area contributed by atoms with Crippen molar-refractivity contribution in [3.63, 3.8) is 0 Å². The molecule has 1 fully saturated rings. The Labute approximate surface area is 159 Å². The van der Waals surface area contributed by atoms with Crippen molar-refractivity contribution in [1.82, 2.24) is 4.31 Å². The highest BCUT2D eigenvalue weighted by Gasteiger charge is 2.28. The van der Waals surface area contributed by atoms with Gasteiger partial charge in [0.15, 0.2) is 0 Å². The van der Waals surface area contributed by atoms with Gasteiger partial charge in [0.25, 0.3) is 5.91 Å². The Morgan fingerprint density at radius 3 is 2.41 bits per heavy atom. The van der Waals surface area contributed by atoms with E-state index in [1.54, 1.807) is 37.3 Å². The zero-order valence-corrected chi connectivity index (χ0v) is 16.3. The third-order valence-corrected chi connectivity index (χ3v) is 6.83. The molecule has 144 valence electrons. The van der Waals surface area contributed by atoms with Crippen molar-refractivity contribution in [2.45, 2.75) is 38.0 Å². The second-order valence-corrected chi connectivity index (χ2v) is 8.83. The number of benzene rings is 2. The molecule has 0 aliphatic carbocycles. The Hall–Kier alpha value is -2.38. The minimum absolute atomic E-state index is 0.0309. The van der Waals surface area contributed by atoms with Crippen molar-refractivity contribution < 1.29 is 18.3 Å². The number of aromatic hydroxyl groups is 1. The predicted octanol–water partition coefficient (Wildman–Crippen LogP) is 3.44. The fraction of sp³-hybridized carbons (Fsp3) is 0.350. The van der Waals surface area contributed by atoms with E-state index in [1.165, 1.54) is 10.4 Å². The van der Waals surface area contributed by atoms with E-state index in [-0.39, 0.29) is 21.9 Å². The highest BCUT2D eigenvalue weighted by atomic mass is 32.2. The predicted molar refractivity (Wildman–Crippen MR) is 105 cm³/mol. The van der Waals surface area contributed by atoms with E-state index in [2.05, 4.69) is 5.32 Å². The molecule has 1 aliphatic rings. The number of carbonyl (C=O) groups is 1. The van der Waals surface area contributed by atoms with Crippen molar-refractivity contribution in [3.05, 3.63) is 53.1 Å². The lowest BCUT2D eigenvalue weighted by atomic mass is 10.1. The molecule has 1 aliphatic heterocycles. The number of hydrogen-bond donors (Lipinski definition) is 2. The zero-order valence-electron chi connectivity index (χ0n) is 15.5. The van der Waals surface area contributed by atoms with Crippen LogP contribution < -0.4 is 5.32 Å². The first-order valence-electron chi connectivity index (χ1n) is 9.01. The molecule has 0 unspecified atom stereocenters. The average Bonchev–Trinajstić information content (AvgIpc) is 2.65. The summed E-state index contributed by atoms with van der Waals surface area (Å²) in [6.45, 7) is 4.58. The van der Waals surface area contributed by atoms with Gasteiger partial charge in [-0.3, -0.25) is 4.79 Å². The summed E-state index contributed by atoms with van der Waals surface area (Å²) in [6.07, 6.45) is 2.74. The van der Waals surface area contributed by atoms with Crippen LogP contribution in [0.2, 0.25) is 0 Å². The number of hydrogen-bond acceptors (Lipinski definition) is 4. The van der Waals surface area contributed by atoms with Crippen LogP contribution in [-0.2, 0) is 10.0 Å². The van der Waals surface area contributed by atoms with Crippen LogP contribution >= 0.6 is 0 Å². The molecular weight excluding hydrogens is 364 g/mol. The van der Waals surface area contributed by atoms with E-state index < -0.39 is 15.9 Å². The number of rotatable bonds is 4. The van der Waals surface area contributed by atoms with Gasteiger partial charge in [-0.2, -0.15) is 4.31 Å². The van der Waals surface area contributed by atoms with Crippen LogP contribution in [0.5, 0.6) is 5.75 Å². The monoisotopic (exact) mass is 388 g/mol. The highest BCUT2D eigenvalue weighted by Crippen LogP contribution is 2.27. The van der Waals surface area contributed by atoms with Crippen molar-refractivity contribution in [1.29, 1.82) is 0 Å². The number of sulfonamides is 1. The summed E-state index contributed by atoms with van der Waals surface area (Å²) in [7, 11) is -3.63. The van der Waals surface area contributed by atoms with Crippen molar-refractivity contribution in [3.8, 4) is 5.75 Å². The lowest BCUT2D eigenvalue weighted by molar-refractivity contribution is 0.102. The molecule has 7 heteroatoms. The Morgan fingerprint density at radius 2 is 1.74 bits per heavy atom. The smallest absolute Gasteiger partial charge is 0.255 e. The largest absolute Gasteiger partial charge is 0.506 e. The van der Waals surface area contributed by atoms with Crippen LogP contribution in [-0.4, -0.2) is 36.8 Å². The molecule has 0 radical (unpaired) electrons. The third kappa shape index (κ3) is 4.14. The summed E-state index contributed by atoms with van der Waals surface area (Å²) < 4.78 is 27.5. The topological polar surface area (TPSA) is 86.7 Å². The van der Waals surface area contributed by atoms with E-state index in [0.717, 1.165) is 24.8 Å². The number of aryl methyl sites for hydroxylation is 2. The Balaban J connectivity index is 1.89. The molecule has 1 saturated heterocycles. The molecule has 2 N–H and O–H groups in total. The molecule has 6 nitrogen and oxygen atoms in total. The van der Waals surface area contributed by atoms with Gasteiger partial charge in [0.2, 0.25) is 10.0 Å². The average molecular weight is 388 g/mol. The molecule has 3 rings (SSSR count). The van der Waals surface area contributed by atoms with Crippen molar-refractivity contribution in [2.75, 3.05) is 18.4 Å². The van der Waals surface area contributed by atoms with Gasteiger partial charge in [-0.25, -0.2) is 8.42 Å². The summed E-state index contributed by atoms with van der Waals surface area (Å²) in [5, 5.41) is 12.6. The minimum Gasteiger partial charge on any atom is -0.506 e. The summed E-state index contributed by atoms with van der Waals surface area (Å²) in [5.41, 5.74) is 1.99. The van der Waals surface area contributed by atoms with Gasteiger partial charge < -0.3 is 10.4 Å². The van der Waals surface area contributed by atoms with Crippen LogP contribution in [0.4, 0.5) is 5.69 Å². The summed E-state index contributed by atoms with van der Waals surface area (Å²) in [6, 6.07) is 9.58. The molecule has 27 heavy (non-hydrogen) atoms. The van der Waals surface area contributed by atoms with E-state index >= 15 is 0 Å². The molecule has 1 amide bonds. The number of anilines is 1. The van der Waals surface area contributed by atoms with E-state index in [4.69, 9.17) is 0 Å². The van der Waals surface area contributed by atoms with Gasteiger partial charge in [0, 0.05) is 18.7 Å². The van der Waals surface area contributed by atoms with Crippen molar-refractivity contribution in [2.24, 2.45) is 0 Å². The molecule has 0 aromatic heterocycles. The number of nitrogens with one attached hydrogen (secondary N) is 1. The molecular formula is C20H24N2O4S. The van der Waals surface area contributed by atoms with E-state index in [9.17, 15) is 18.3 Å². The fourth-order valence-electron chi connectivity index (χ4n) is 3.21. The highest BCUT2D eigenvalue weighted by molar-refractivity contribution is 7.89. The third-order valence-electron chi connectivity index (χ3n) is 4.78. The molecule has 0 saturated carbocycles. The minimum atomic E-state index is -3.63. The lowest BCUT2D eigenvalue weighted by Crippen LogP contribution is -2.36. The lowest BCUT2D eigenvalue weighted by Gasteiger charge is -2.26. The van der Waals surface area contributed by atoms with Gasteiger partial charge >= 0.3 is 0 Å². The van der Waals surface area contributed by atoms with Crippen LogP contribution in [0.3, 0.4) is 0 Å². The zero-order chi connectivity index (χ0) is 19.6.